The second-order valence-corrected chi connectivity index (χ2v) is 8.26. The number of carbonyl (C=O) groups excluding carboxylic acids is 1. The van der Waals surface area contributed by atoms with Crippen molar-refractivity contribution >= 4 is 32.1 Å². The monoisotopic (exact) mass is 375 g/mol. The minimum Gasteiger partial charge on any atom is -0.294 e. The lowest BCUT2D eigenvalue weighted by molar-refractivity contribution is -0.137. The van der Waals surface area contributed by atoms with Gasteiger partial charge in [-0.1, -0.05) is 12.1 Å². The molecule has 128 valence electrons. The number of fused-ring (bicyclic) bond motifs is 1. The predicted octanol–water partition coefficient (Wildman–Crippen LogP) is 3.65. The summed E-state index contributed by atoms with van der Waals surface area (Å²) in [6.45, 7) is 1.58. The zero-order chi connectivity index (χ0) is 17.7. The van der Waals surface area contributed by atoms with Crippen LogP contribution in [0.5, 0.6) is 0 Å². The Morgan fingerprint density at radius 3 is 2.62 bits per heavy atom. The number of nitrogens with zero attached hydrogens (tertiary/aromatic N) is 1. The number of thiophene rings is 1. The van der Waals surface area contributed by atoms with Crippen molar-refractivity contribution < 1.29 is 26.4 Å². The number of alkyl halides is 3. The van der Waals surface area contributed by atoms with Crippen molar-refractivity contribution in [2.45, 2.75) is 24.0 Å². The lowest BCUT2D eigenvalue weighted by atomic mass is 10.0. The first kappa shape index (κ1) is 17.0. The molecular weight excluding hydrogens is 363 g/mol. The third-order valence-electron chi connectivity index (χ3n) is 3.83. The third kappa shape index (κ3) is 2.82. The Balaban J connectivity index is 2.05. The SMILES string of the molecule is CC(c1cccc(C(F)(F)F)c1)N1C(=O)CS(=O)(=O)c2ccsc21. The van der Waals surface area contributed by atoms with E-state index in [0.717, 1.165) is 23.5 Å². The third-order valence-corrected chi connectivity index (χ3v) is 6.50. The molecule has 0 radical (unpaired) electrons. The van der Waals surface area contributed by atoms with Gasteiger partial charge in [0.1, 0.15) is 15.6 Å². The molecule has 0 bridgehead atoms. The number of carbonyl (C=O) groups is 1. The van der Waals surface area contributed by atoms with Gasteiger partial charge in [-0.3, -0.25) is 9.69 Å². The number of hydrogen-bond acceptors (Lipinski definition) is 4. The number of sulfone groups is 1. The molecule has 9 heteroatoms. The van der Waals surface area contributed by atoms with Crippen molar-refractivity contribution in [1.29, 1.82) is 0 Å². The fourth-order valence-electron chi connectivity index (χ4n) is 2.64. The van der Waals surface area contributed by atoms with Crippen LogP contribution in [0.1, 0.15) is 24.1 Å². The van der Waals surface area contributed by atoms with Gasteiger partial charge in [0.25, 0.3) is 0 Å². The predicted molar refractivity (Wildman–Crippen MR) is 83.7 cm³/mol. The van der Waals surface area contributed by atoms with Gasteiger partial charge >= 0.3 is 6.18 Å². The molecule has 1 aromatic heterocycles. The van der Waals surface area contributed by atoms with Gasteiger partial charge in [-0.25, -0.2) is 8.42 Å². The van der Waals surface area contributed by atoms with Gasteiger partial charge in [-0.05, 0) is 36.1 Å². The summed E-state index contributed by atoms with van der Waals surface area (Å²) in [7, 11) is -3.69. The Morgan fingerprint density at radius 2 is 1.96 bits per heavy atom. The summed E-state index contributed by atoms with van der Waals surface area (Å²) in [4.78, 5) is 13.6. The molecule has 1 amide bonds. The molecule has 0 fully saturated rings. The average Bonchev–Trinajstić information content (AvgIpc) is 2.96. The number of amides is 1. The first-order valence-corrected chi connectivity index (χ1v) is 9.44. The summed E-state index contributed by atoms with van der Waals surface area (Å²) in [6, 6.07) is 5.39. The second-order valence-electron chi connectivity index (χ2n) is 5.41. The molecule has 1 aromatic carbocycles. The summed E-state index contributed by atoms with van der Waals surface area (Å²) in [5.41, 5.74) is -0.521. The summed E-state index contributed by atoms with van der Waals surface area (Å²) >= 11 is 1.08. The number of hydrogen-bond donors (Lipinski definition) is 0. The standard InChI is InChI=1S/C15H12F3NO3S2/c1-9(10-3-2-4-11(7-10)15(16,17)18)19-13(20)8-24(21,22)12-5-6-23-14(12)19/h2-7,9H,8H2,1H3. The van der Waals surface area contributed by atoms with Gasteiger partial charge < -0.3 is 0 Å². The molecule has 0 spiro atoms. The van der Waals surface area contributed by atoms with Crippen molar-refractivity contribution in [2.75, 3.05) is 10.7 Å². The highest BCUT2D eigenvalue weighted by molar-refractivity contribution is 7.92. The molecule has 0 N–H and O–H groups in total. The van der Waals surface area contributed by atoms with E-state index in [-0.39, 0.29) is 15.5 Å². The maximum atomic E-state index is 12.9. The highest BCUT2D eigenvalue weighted by Crippen LogP contribution is 2.41. The zero-order valence-corrected chi connectivity index (χ0v) is 14.0. The molecule has 0 saturated heterocycles. The largest absolute Gasteiger partial charge is 0.416 e. The maximum absolute atomic E-state index is 12.9. The fourth-order valence-corrected chi connectivity index (χ4v) is 5.40. The molecule has 2 aromatic rings. The van der Waals surface area contributed by atoms with Crippen molar-refractivity contribution in [2.24, 2.45) is 0 Å². The Bertz CT molecular complexity index is 903. The number of halogens is 3. The normalized spacial score (nSPS) is 18.3. The molecular formula is C15H12F3NO3S2. The van der Waals surface area contributed by atoms with Crippen LogP contribution in [0.4, 0.5) is 18.2 Å². The van der Waals surface area contributed by atoms with E-state index >= 15 is 0 Å². The number of rotatable bonds is 2. The summed E-state index contributed by atoms with van der Waals surface area (Å²) in [6.07, 6.45) is -4.49. The van der Waals surface area contributed by atoms with Gasteiger partial charge in [0.2, 0.25) is 5.91 Å². The van der Waals surface area contributed by atoms with Gasteiger partial charge in [-0.2, -0.15) is 13.2 Å². The number of anilines is 1. The van der Waals surface area contributed by atoms with Crippen molar-refractivity contribution in [3.63, 3.8) is 0 Å². The fraction of sp³-hybridized carbons (Fsp3) is 0.267. The van der Waals surface area contributed by atoms with E-state index in [1.807, 2.05) is 0 Å². The summed E-state index contributed by atoms with van der Waals surface area (Å²) in [5, 5.41) is 1.79. The van der Waals surface area contributed by atoms with E-state index in [1.165, 1.54) is 23.1 Å². The van der Waals surface area contributed by atoms with Crippen LogP contribution >= 0.6 is 11.3 Å². The van der Waals surface area contributed by atoms with E-state index < -0.39 is 39.3 Å². The topological polar surface area (TPSA) is 54.5 Å². The second kappa shape index (κ2) is 5.59. The maximum Gasteiger partial charge on any atom is 0.416 e. The lowest BCUT2D eigenvalue weighted by Gasteiger charge is -2.32. The van der Waals surface area contributed by atoms with Crippen LogP contribution < -0.4 is 4.90 Å². The van der Waals surface area contributed by atoms with Crippen LogP contribution in [0.2, 0.25) is 0 Å². The summed E-state index contributed by atoms with van der Waals surface area (Å²) < 4.78 is 62.7. The summed E-state index contributed by atoms with van der Waals surface area (Å²) in [5.74, 6) is -1.32. The molecule has 3 rings (SSSR count). The Kier molecular flexibility index (Phi) is 3.95. The Hall–Kier alpha value is -1.87. The van der Waals surface area contributed by atoms with E-state index in [1.54, 1.807) is 12.3 Å². The van der Waals surface area contributed by atoms with Crippen LogP contribution in [0.15, 0.2) is 40.6 Å². The van der Waals surface area contributed by atoms with Crippen LogP contribution in [0.25, 0.3) is 0 Å². The Labute approximate surface area is 140 Å². The molecule has 1 aliphatic heterocycles. The van der Waals surface area contributed by atoms with E-state index in [0.29, 0.717) is 0 Å². The molecule has 1 atom stereocenters. The minimum absolute atomic E-state index is 0.0472. The van der Waals surface area contributed by atoms with Crippen molar-refractivity contribution in [3.8, 4) is 0 Å². The van der Waals surface area contributed by atoms with Crippen LogP contribution in [-0.2, 0) is 20.8 Å². The Morgan fingerprint density at radius 1 is 1.25 bits per heavy atom. The smallest absolute Gasteiger partial charge is 0.294 e. The van der Waals surface area contributed by atoms with Crippen molar-refractivity contribution in [3.05, 3.63) is 46.8 Å². The van der Waals surface area contributed by atoms with Crippen LogP contribution in [0, 0.1) is 0 Å². The van der Waals surface area contributed by atoms with E-state index in [9.17, 15) is 26.4 Å². The first-order valence-electron chi connectivity index (χ1n) is 6.91. The molecule has 0 aliphatic carbocycles. The molecule has 0 saturated carbocycles. The zero-order valence-electron chi connectivity index (χ0n) is 12.4. The molecule has 4 nitrogen and oxygen atoms in total. The van der Waals surface area contributed by atoms with Gasteiger partial charge in [0, 0.05) is 0 Å². The van der Waals surface area contributed by atoms with E-state index in [2.05, 4.69) is 0 Å². The van der Waals surface area contributed by atoms with Gasteiger partial charge in [-0.15, -0.1) is 11.3 Å². The highest BCUT2D eigenvalue weighted by atomic mass is 32.2. The minimum atomic E-state index is -4.49. The number of benzene rings is 1. The van der Waals surface area contributed by atoms with Gasteiger partial charge in [0.15, 0.2) is 9.84 Å². The highest BCUT2D eigenvalue weighted by Gasteiger charge is 2.39. The molecule has 2 heterocycles. The quantitative estimate of drug-likeness (QED) is 0.805. The average molecular weight is 375 g/mol. The van der Waals surface area contributed by atoms with E-state index in [4.69, 9.17) is 0 Å². The first-order chi connectivity index (χ1) is 11.1. The molecule has 24 heavy (non-hydrogen) atoms. The van der Waals surface area contributed by atoms with Crippen LogP contribution in [-0.4, -0.2) is 20.1 Å². The van der Waals surface area contributed by atoms with Crippen LogP contribution in [0.3, 0.4) is 0 Å². The molecule has 1 unspecified atom stereocenters. The van der Waals surface area contributed by atoms with Crippen molar-refractivity contribution in [1.82, 2.24) is 0 Å². The molecule has 1 aliphatic rings. The lowest BCUT2D eigenvalue weighted by Crippen LogP contribution is -2.41. The van der Waals surface area contributed by atoms with Gasteiger partial charge in [0.05, 0.1) is 11.6 Å².